The van der Waals surface area contributed by atoms with E-state index in [1.807, 2.05) is 0 Å². The molecule has 2 atom stereocenters. The topological polar surface area (TPSA) is 142 Å². The molecule has 1 amide bonds. The summed E-state index contributed by atoms with van der Waals surface area (Å²) in [5, 5.41) is 31.6. The fourth-order valence-electron chi connectivity index (χ4n) is 1.91. The summed E-state index contributed by atoms with van der Waals surface area (Å²) in [6.07, 6.45) is -3.79. The van der Waals surface area contributed by atoms with E-state index in [9.17, 15) is 19.8 Å². The van der Waals surface area contributed by atoms with Crippen LogP contribution in [0.25, 0.3) is 0 Å². The van der Waals surface area contributed by atoms with Crippen LogP contribution in [0.4, 0.5) is 10.5 Å². The van der Waals surface area contributed by atoms with Crippen LogP contribution >= 0.6 is 0 Å². The number of carbonyl (C=O) groups is 2. The summed E-state index contributed by atoms with van der Waals surface area (Å²) in [5.74, 6) is -1.28. The predicted molar refractivity (Wildman–Crippen MR) is 83.0 cm³/mol. The molecule has 0 aliphatic carbocycles. The van der Waals surface area contributed by atoms with E-state index < -0.39 is 29.9 Å². The van der Waals surface area contributed by atoms with Crippen LogP contribution in [0, 0.1) is 0 Å². The molecule has 0 bridgehead atoms. The number of hydrogen-bond donors (Lipinski definition) is 5. The van der Waals surface area contributed by atoms with Crippen molar-refractivity contribution in [3.63, 3.8) is 0 Å². The molecule has 0 spiro atoms. The standard InChI is InChI=1S/C15H22N2O6/c1-15(2,3)23-14(22)17-7-10(18)12(19)11-8(13(20)21)5-4-6-9(11)16/h4-6,10,12,18-19H,7,16H2,1-3H3,(H,17,22)(H,20,21). The molecule has 0 fully saturated rings. The quantitative estimate of drug-likeness (QED) is 0.506. The predicted octanol–water partition coefficient (Wildman–Crippen LogP) is 0.886. The molecule has 0 heterocycles. The van der Waals surface area contributed by atoms with Crippen LogP contribution < -0.4 is 11.1 Å². The zero-order valence-electron chi connectivity index (χ0n) is 13.2. The van der Waals surface area contributed by atoms with E-state index >= 15 is 0 Å². The molecule has 8 nitrogen and oxygen atoms in total. The number of aliphatic hydroxyl groups excluding tert-OH is 2. The van der Waals surface area contributed by atoms with Gasteiger partial charge < -0.3 is 31.1 Å². The van der Waals surface area contributed by atoms with E-state index in [4.69, 9.17) is 15.6 Å². The molecule has 128 valence electrons. The van der Waals surface area contributed by atoms with E-state index in [2.05, 4.69) is 5.32 Å². The lowest BCUT2D eigenvalue weighted by atomic mass is 9.96. The SMILES string of the molecule is CC(C)(C)OC(=O)NCC(O)C(O)c1c(N)cccc1C(=O)O. The third-order valence-electron chi connectivity index (χ3n) is 2.88. The van der Waals surface area contributed by atoms with Crippen LogP contribution in [-0.4, -0.2) is 45.6 Å². The van der Waals surface area contributed by atoms with Crippen LogP contribution in [0.1, 0.15) is 42.8 Å². The first kappa shape index (κ1) is 18.7. The molecule has 0 radical (unpaired) electrons. The number of carboxylic acids is 1. The lowest BCUT2D eigenvalue weighted by Crippen LogP contribution is -2.39. The number of amides is 1. The number of aromatic carboxylic acids is 1. The molecule has 0 aliphatic heterocycles. The summed E-state index contributed by atoms with van der Waals surface area (Å²) in [5.41, 5.74) is 4.71. The van der Waals surface area contributed by atoms with Crippen molar-refractivity contribution in [3.05, 3.63) is 29.3 Å². The van der Waals surface area contributed by atoms with E-state index in [1.165, 1.54) is 18.2 Å². The smallest absolute Gasteiger partial charge is 0.407 e. The molecule has 0 saturated heterocycles. The van der Waals surface area contributed by atoms with Gasteiger partial charge in [0.1, 0.15) is 17.8 Å². The maximum absolute atomic E-state index is 11.5. The molecular weight excluding hydrogens is 304 g/mol. The Balaban J connectivity index is 2.80. The third-order valence-corrected chi connectivity index (χ3v) is 2.88. The number of rotatable bonds is 5. The zero-order valence-corrected chi connectivity index (χ0v) is 13.2. The highest BCUT2D eigenvalue weighted by atomic mass is 16.6. The first-order valence-electron chi connectivity index (χ1n) is 6.97. The van der Waals surface area contributed by atoms with Gasteiger partial charge in [-0.15, -0.1) is 0 Å². The normalized spacial score (nSPS) is 14.0. The highest BCUT2D eigenvalue weighted by molar-refractivity contribution is 5.91. The fourth-order valence-corrected chi connectivity index (χ4v) is 1.91. The van der Waals surface area contributed by atoms with Crippen LogP contribution in [0.15, 0.2) is 18.2 Å². The van der Waals surface area contributed by atoms with Gasteiger partial charge in [-0.05, 0) is 32.9 Å². The molecule has 1 rings (SSSR count). The van der Waals surface area contributed by atoms with Gasteiger partial charge in [0.2, 0.25) is 0 Å². The molecule has 0 aliphatic rings. The molecular formula is C15H22N2O6. The Bertz CT molecular complexity index is 582. The van der Waals surface area contributed by atoms with Gasteiger partial charge in [-0.3, -0.25) is 0 Å². The van der Waals surface area contributed by atoms with E-state index in [0.717, 1.165) is 0 Å². The van der Waals surface area contributed by atoms with E-state index in [0.29, 0.717) is 0 Å². The van der Waals surface area contributed by atoms with E-state index in [-0.39, 0.29) is 23.4 Å². The number of anilines is 1. The Kier molecular flexibility index (Phi) is 5.94. The van der Waals surface area contributed by atoms with Crippen molar-refractivity contribution in [3.8, 4) is 0 Å². The second-order valence-corrected chi connectivity index (χ2v) is 6.01. The summed E-state index contributed by atoms with van der Waals surface area (Å²) < 4.78 is 5.00. The van der Waals surface area contributed by atoms with Gasteiger partial charge in [0.05, 0.1) is 5.56 Å². The summed E-state index contributed by atoms with van der Waals surface area (Å²) in [4.78, 5) is 22.7. The third kappa shape index (κ3) is 5.42. The molecule has 2 unspecified atom stereocenters. The maximum atomic E-state index is 11.5. The summed E-state index contributed by atoms with van der Waals surface area (Å²) >= 11 is 0. The molecule has 1 aromatic carbocycles. The molecule has 0 saturated carbocycles. The Hall–Kier alpha value is -2.32. The van der Waals surface area contributed by atoms with E-state index in [1.54, 1.807) is 20.8 Å². The van der Waals surface area contributed by atoms with Gasteiger partial charge in [0.15, 0.2) is 0 Å². The van der Waals surface area contributed by atoms with Crippen LogP contribution in [0.5, 0.6) is 0 Å². The Labute approximate surface area is 133 Å². The largest absolute Gasteiger partial charge is 0.478 e. The van der Waals surface area contributed by atoms with Crippen LogP contribution in [0.3, 0.4) is 0 Å². The highest BCUT2D eigenvalue weighted by Gasteiger charge is 2.26. The first-order valence-corrected chi connectivity index (χ1v) is 6.97. The Morgan fingerprint density at radius 1 is 1.30 bits per heavy atom. The van der Waals surface area contributed by atoms with Crippen molar-refractivity contribution < 1.29 is 29.6 Å². The van der Waals surface area contributed by atoms with Gasteiger partial charge in [-0.25, -0.2) is 9.59 Å². The lowest BCUT2D eigenvalue weighted by molar-refractivity contribution is 0.0124. The van der Waals surface area contributed by atoms with Crippen molar-refractivity contribution in [2.45, 2.75) is 38.6 Å². The number of nitrogen functional groups attached to an aromatic ring is 1. The van der Waals surface area contributed by atoms with Crippen LogP contribution in [0.2, 0.25) is 0 Å². The molecule has 6 N–H and O–H groups in total. The number of nitrogens with two attached hydrogens (primary N) is 1. The number of benzene rings is 1. The number of carboxylic acid groups (broad SMARTS) is 1. The summed E-state index contributed by atoms with van der Waals surface area (Å²) in [6.45, 7) is 4.72. The number of aliphatic hydroxyl groups is 2. The molecule has 23 heavy (non-hydrogen) atoms. The van der Waals surface area contributed by atoms with Gasteiger partial charge in [0.25, 0.3) is 0 Å². The van der Waals surface area contributed by atoms with Crippen molar-refractivity contribution in [2.24, 2.45) is 0 Å². The maximum Gasteiger partial charge on any atom is 0.407 e. The first-order chi connectivity index (χ1) is 10.5. The number of hydrogen-bond acceptors (Lipinski definition) is 6. The molecule has 1 aromatic rings. The van der Waals surface area contributed by atoms with Gasteiger partial charge in [-0.2, -0.15) is 0 Å². The minimum Gasteiger partial charge on any atom is -0.478 e. The fraction of sp³-hybridized carbons (Fsp3) is 0.467. The van der Waals surface area contributed by atoms with Crippen molar-refractivity contribution >= 4 is 17.7 Å². The summed E-state index contributed by atoms with van der Waals surface area (Å²) in [7, 11) is 0. The van der Waals surface area contributed by atoms with Crippen molar-refractivity contribution in [1.82, 2.24) is 5.32 Å². The summed E-state index contributed by atoms with van der Waals surface area (Å²) in [6, 6.07) is 4.12. The Morgan fingerprint density at radius 2 is 1.91 bits per heavy atom. The average molecular weight is 326 g/mol. The van der Waals surface area contributed by atoms with Crippen LogP contribution in [-0.2, 0) is 4.74 Å². The Morgan fingerprint density at radius 3 is 2.43 bits per heavy atom. The van der Waals surface area contributed by atoms with Gasteiger partial charge in [0, 0.05) is 17.8 Å². The number of nitrogens with one attached hydrogen (secondary N) is 1. The van der Waals surface area contributed by atoms with Gasteiger partial charge >= 0.3 is 12.1 Å². The second-order valence-electron chi connectivity index (χ2n) is 6.01. The minimum atomic E-state index is -1.57. The second kappa shape index (κ2) is 7.30. The number of alkyl carbamates (subject to hydrolysis) is 1. The number of carbonyl (C=O) groups excluding carboxylic acids is 1. The van der Waals surface area contributed by atoms with Crippen molar-refractivity contribution in [2.75, 3.05) is 12.3 Å². The molecule has 8 heteroatoms. The minimum absolute atomic E-state index is 0.0359. The monoisotopic (exact) mass is 326 g/mol. The zero-order chi connectivity index (χ0) is 17.8. The van der Waals surface area contributed by atoms with Gasteiger partial charge in [-0.1, -0.05) is 6.07 Å². The highest BCUT2D eigenvalue weighted by Crippen LogP contribution is 2.27. The average Bonchev–Trinajstić information content (AvgIpc) is 2.41. The molecule has 0 aromatic heterocycles. The van der Waals surface area contributed by atoms with Crippen molar-refractivity contribution in [1.29, 1.82) is 0 Å². The lowest BCUT2D eigenvalue weighted by Gasteiger charge is -2.23. The number of ether oxygens (including phenoxy) is 1.